The van der Waals surface area contributed by atoms with Gasteiger partial charge in [-0.2, -0.15) is 0 Å². The number of amides is 1. The average Bonchev–Trinajstić information content (AvgIpc) is 2.80. The zero-order chi connectivity index (χ0) is 16.4. The smallest absolute Gasteiger partial charge is 0.281 e. The minimum absolute atomic E-state index is 0.0994. The second-order valence-corrected chi connectivity index (χ2v) is 6.37. The zero-order valence-corrected chi connectivity index (χ0v) is 14.5. The molecule has 1 heterocycles. The van der Waals surface area contributed by atoms with Gasteiger partial charge in [-0.15, -0.1) is 11.8 Å². The van der Waals surface area contributed by atoms with E-state index >= 15 is 0 Å². The monoisotopic (exact) mass is 340 g/mol. The quantitative estimate of drug-likeness (QED) is 0.478. The van der Waals surface area contributed by atoms with Gasteiger partial charge < -0.3 is 4.90 Å². The van der Waals surface area contributed by atoms with Crippen molar-refractivity contribution >= 4 is 46.8 Å². The molecule has 0 spiro atoms. The van der Waals surface area contributed by atoms with Crippen LogP contribution in [0.15, 0.2) is 65.2 Å². The van der Waals surface area contributed by atoms with Crippen molar-refractivity contribution in [1.82, 2.24) is 4.90 Å². The number of thioether (sulfide) groups is 1. The van der Waals surface area contributed by atoms with Crippen molar-refractivity contribution in [2.75, 3.05) is 18.2 Å². The van der Waals surface area contributed by atoms with E-state index in [1.54, 1.807) is 21.6 Å². The van der Waals surface area contributed by atoms with Gasteiger partial charge in [-0.3, -0.25) is 9.69 Å². The first kappa shape index (κ1) is 15.8. The van der Waals surface area contributed by atoms with Gasteiger partial charge in [0, 0.05) is 11.9 Å². The highest BCUT2D eigenvalue weighted by Crippen LogP contribution is 2.28. The average molecular weight is 340 g/mol. The Balaban J connectivity index is 1.95. The van der Waals surface area contributed by atoms with Gasteiger partial charge in [0.25, 0.3) is 5.91 Å². The molecule has 116 valence electrons. The highest BCUT2D eigenvalue weighted by Gasteiger charge is 2.36. The van der Waals surface area contributed by atoms with Gasteiger partial charge >= 0.3 is 0 Å². The van der Waals surface area contributed by atoms with Crippen molar-refractivity contribution in [2.45, 2.75) is 4.90 Å². The summed E-state index contributed by atoms with van der Waals surface area (Å²) in [6.45, 7) is 0. The Kier molecular flexibility index (Phi) is 4.50. The van der Waals surface area contributed by atoms with Crippen molar-refractivity contribution in [1.29, 1.82) is 0 Å². The minimum Gasteiger partial charge on any atom is -0.317 e. The van der Waals surface area contributed by atoms with Gasteiger partial charge in [0.1, 0.15) is 5.70 Å². The van der Waals surface area contributed by atoms with Crippen LogP contribution in [0, 0.1) is 0 Å². The Morgan fingerprint density at radius 2 is 1.70 bits per heavy atom. The lowest BCUT2D eigenvalue weighted by atomic mass is 10.2. The summed E-state index contributed by atoms with van der Waals surface area (Å²) in [5.74, 6) is -0.0994. The maximum atomic E-state index is 12.8. The third kappa shape index (κ3) is 3.02. The highest BCUT2D eigenvalue weighted by molar-refractivity contribution is 7.98. The fourth-order valence-electron chi connectivity index (χ4n) is 2.42. The van der Waals surface area contributed by atoms with Gasteiger partial charge in [-0.25, -0.2) is 0 Å². The summed E-state index contributed by atoms with van der Waals surface area (Å²) in [6, 6.07) is 17.6. The fourth-order valence-corrected chi connectivity index (χ4v) is 3.11. The Labute approximate surface area is 145 Å². The molecule has 0 radical (unpaired) electrons. The Morgan fingerprint density at radius 3 is 2.30 bits per heavy atom. The molecule has 0 saturated carbocycles. The molecule has 1 aliphatic heterocycles. The predicted octanol–water partition coefficient (Wildman–Crippen LogP) is 4.01. The van der Waals surface area contributed by atoms with E-state index in [-0.39, 0.29) is 5.91 Å². The maximum absolute atomic E-state index is 12.8. The predicted molar refractivity (Wildman–Crippen MR) is 100 cm³/mol. The van der Waals surface area contributed by atoms with E-state index < -0.39 is 0 Å². The van der Waals surface area contributed by atoms with Crippen LogP contribution < -0.4 is 4.90 Å². The molecule has 1 saturated heterocycles. The lowest BCUT2D eigenvalue weighted by Crippen LogP contribution is -2.30. The first-order valence-electron chi connectivity index (χ1n) is 7.15. The van der Waals surface area contributed by atoms with Crippen LogP contribution in [0.25, 0.3) is 6.08 Å². The van der Waals surface area contributed by atoms with Gasteiger partial charge in [0.05, 0.1) is 5.69 Å². The van der Waals surface area contributed by atoms with Crippen LogP contribution in [0.4, 0.5) is 5.69 Å². The number of thiocarbonyl (C=S) groups is 1. The van der Waals surface area contributed by atoms with Crippen molar-refractivity contribution in [3.8, 4) is 0 Å². The number of likely N-dealkylation sites (N-methyl/N-ethyl adjacent to an activating group) is 1. The van der Waals surface area contributed by atoms with Crippen LogP contribution >= 0.6 is 24.0 Å². The molecule has 0 unspecified atom stereocenters. The number of benzene rings is 2. The number of nitrogens with zero attached hydrogens (tertiary/aromatic N) is 2. The third-order valence-electron chi connectivity index (χ3n) is 3.70. The van der Waals surface area contributed by atoms with E-state index in [2.05, 4.69) is 0 Å². The lowest BCUT2D eigenvalue weighted by molar-refractivity contribution is -0.114. The Bertz CT molecular complexity index is 769. The van der Waals surface area contributed by atoms with E-state index in [4.69, 9.17) is 12.2 Å². The van der Waals surface area contributed by atoms with Crippen molar-refractivity contribution in [3.63, 3.8) is 0 Å². The standard InChI is InChI=1S/C18H16N2OS2/c1-19-16(12-13-8-10-15(23-2)11-9-13)17(21)20(18(19)22)14-6-4-3-5-7-14/h3-12H,1-2H3. The number of hydrogen-bond donors (Lipinski definition) is 0. The van der Waals surface area contributed by atoms with E-state index in [0.29, 0.717) is 10.8 Å². The molecule has 3 rings (SSSR count). The minimum atomic E-state index is -0.0994. The van der Waals surface area contributed by atoms with E-state index in [1.165, 1.54) is 4.90 Å². The molecule has 0 bridgehead atoms. The van der Waals surface area contributed by atoms with Crippen molar-refractivity contribution < 1.29 is 4.79 Å². The SMILES string of the molecule is CSc1ccc(C=C2C(=O)N(c3ccccc3)C(=S)N2C)cc1. The molecular formula is C18H16N2OS2. The van der Waals surface area contributed by atoms with Crippen molar-refractivity contribution in [2.24, 2.45) is 0 Å². The van der Waals surface area contributed by atoms with Crippen LogP contribution in [0.3, 0.4) is 0 Å². The summed E-state index contributed by atoms with van der Waals surface area (Å²) in [4.78, 5) is 17.3. The summed E-state index contributed by atoms with van der Waals surface area (Å²) in [5.41, 5.74) is 2.35. The van der Waals surface area contributed by atoms with Crippen LogP contribution in [0.5, 0.6) is 0 Å². The first-order valence-corrected chi connectivity index (χ1v) is 8.78. The topological polar surface area (TPSA) is 23.6 Å². The van der Waals surface area contributed by atoms with Crippen molar-refractivity contribution in [3.05, 3.63) is 65.9 Å². The Hall–Kier alpha value is -2.11. The first-order chi connectivity index (χ1) is 11.1. The molecule has 0 aliphatic carbocycles. The van der Waals surface area contributed by atoms with E-state index in [0.717, 1.165) is 11.3 Å². The molecule has 0 atom stereocenters. The highest BCUT2D eigenvalue weighted by atomic mass is 32.2. The largest absolute Gasteiger partial charge is 0.317 e. The second kappa shape index (κ2) is 6.56. The summed E-state index contributed by atoms with van der Waals surface area (Å²) in [6.07, 6.45) is 3.92. The molecule has 23 heavy (non-hydrogen) atoms. The molecule has 0 aromatic heterocycles. The molecule has 1 fully saturated rings. The molecule has 5 heteroatoms. The number of rotatable bonds is 3. The van der Waals surface area contributed by atoms with Crippen LogP contribution in [0.2, 0.25) is 0 Å². The molecule has 1 aliphatic rings. The molecule has 2 aromatic rings. The summed E-state index contributed by atoms with van der Waals surface area (Å²) < 4.78 is 0. The molecule has 1 amide bonds. The number of anilines is 1. The molecule has 2 aromatic carbocycles. The molecule has 0 N–H and O–H groups in total. The number of para-hydroxylation sites is 1. The normalized spacial score (nSPS) is 16.5. The lowest BCUT2D eigenvalue weighted by Gasteiger charge is -2.16. The molecule has 3 nitrogen and oxygen atoms in total. The van der Waals surface area contributed by atoms with E-state index in [9.17, 15) is 4.79 Å². The Morgan fingerprint density at radius 1 is 1.04 bits per heavy atom. The third-order valence-corrected chi connectivity index (χ3v) is 4.90. The van der Waals surface area contributed by atoms with Crippen LogP contribution in [0.1, 0.15) is 5.56 Å². The van der Waals surface area contributed by atoms with E-state index in [1.807, 2.05) is 74.0 Å². The maximum Gasteiger partial charge on any atom is 0.281 e. The van der Waals surface area contributed by atoms with Crippen LogP contribution in [-0.4, -0.2) is 29.2 Å². The summed E-state index contributed by atoms with van der Waals surface area (Å²) in [5, 5.41) is 0.494. The number of carbonyl (C=O) groups excluding carboxylic acids is 1. The van der Waals surface area contributed by atoms with Gasteiger partial charge in [0.15, 0.2) is 5.11 Å². The number of carbonyl (C=O) groups is 1. The van der Waals surface area contributed by atoms with Crippen LogP contribution in [-0.2, 0) is 4.79 Å². The van der Waals surface area contributed by atoms with Gasteiger partial charge in [-0.1, -0.05) is 30.3 Å². The second-order valence-electron chi connectivity index (χ2n) is 5.12. The summed E-state index contributed by atoms with van der Waals surface area (Å²) >= 11 is 7.13. The zero-order valence-electron chi connectivity index (χ0n) is 12.9. The summed E-state index contributed by atoms with van der Waals surface area (Å²) in [7, 11) is 1.82. The fraction of sp³-hybridized carbons (Fsp3) is 0.111. The number of hydrogen-bond acceptors (Lipinski definition) is 3. The van der Waals surface area contributed by atoms with Gasteiger partial charge in [-0.05, 0) is 54.4 Å². The van der Waals surface area contributed by atoms with Gasteiger partial charge in [0.2, 0.25) is 0 Å². The molecular weight excluding hydrogens is 324 g/mol.